The number of carbonyl (C=O) groups excluding carboxylic acids is 1. The zero-order chi connectivity index (χ0) is 30.0. The number of carbonyl (C=O) groups is 1. The number of nitrogens with zero attached hydrogens (tertiary/aromatic N) is 1. The molecule has 212 valence electrons. The molecule has 0 spiro atoms. The second kappa shape index (κ2) is 11.2. The van der Waals surface area contributed by atoms with E-state index in [2.05, 4.69) is 16.9 Å². The predicted octanol–water partition coefficient (Wildman–Crippen LogP) is 7.11. The van der Waals surface area contributed by atoms with Gasteiger partial charge in [0, 0.05) is 28.5 Å². The van der Waals surface area contributed by atoms with Crippen LogP contribution in [0.25, 0.3) is 11.3 Å². The summed E-state index contributed by atoms with van der Waals surface area (Å²) in [5, 5.41) is 12.3. The number of aliphatic hydroxyl groups is 1. The summed E-state index contributed by atoms with van der Waals surface area (Å²) in [5.41, 5.74) is -8.41. The summed E-state index contributed by atoms with van der Waals surface area (Å²) >= 11 is 0. The summed E-state index contributed by atoms with van der Waals surface area (Å²) in [6.45, 7) is 7.19. The van der Waals surface area contributed by atoms with Gasteiger partial charge in [0.2, 0.25) is 0 Å². The Morgan fingerprint density at radius 2 is 1.59 bits per heavy atom. The summed E-state index contributed by atoms with van der Waals surface area (Å²) < 4.78 is 120. The Morgan fingerprint density at radius 1 is 1.00 bits per heavy atom. The van der Waals surface area contributed by atoms with Gasteiger partial charge in [-0.25, -0.2) is 0 Å². The van der Waals surface area contributed by atoms with Gasteiger partial charge in [0.1, 0.15) is 0 Å². The maximum absolute atomic E-state index is 13.6. The highest BCUT2D eigenvalue weighted by molar-refractivity contribution is 5.96. The van der Waals surface area contributed by atoms with Crippen molar-refractivity contribution in [2.45, 2.75) is 50.9 Å². The molecule has 0 fully saturated rings. The Labute approximate surface area is 217 Å². The Bertz CT molecular complexity index is 1260. The molecule has 1 aromatic carbocycles. The smallest absolute Gasteiger partial charge is 0.369 e. The van der Waals surface area contributed by atoms with Crippen molar-refractivity contribution in [1.82, 2.24) is 10.3 Å². The zero-order valence-corrected chi connectivity index (χ0v) is 20.7. The minimum absolute atomic E-state index is 0.0608. The van der Waals surface area contributed by atoms with Crippen molar-refractivity contribution in [1.29, 1.82) is 0 Å². The van der Waals surface area contributed by atoms with E-state index in [-0.39, 0.29) is 22.9 Å². The van der Waals surface area contributed by atoms with Crippen molar-refractivity contribution in [3.8, 4) is 11.3 Å². The van der Waals surface area contributed by atoms with Gasteiger partial charge < -0.3 is 10.4 Å². The van der Waals surface area contributed by atoms with E-state index in [4.69, 9.17) is 0 Å². The third kappa shape index (κ3) is 7.08. The number of rotatable bonds is 7. The van der Waals surface area contributed by atoms with E-state index in [0.29, 0.717) is 17.7 Å². The lowest BCUT2D eigenvalue weighted by molar-refractivity contribution is -0.376. The average molecular weight is 566 g/mol. The van der Waals surface area contributed by atoms with Crippen LogP contribution in [0.5, 0.6) is 0 Å². The van der Waals surface area contributed by atoms with Gasteiger partial charge in [-0.05, 0) is 56.2 Å². The molecule has 0 unspecified atom stereocenters. The number of benzene rings is 1. The van der Waals surface area contributed by atoms with E-state index in [0.717, 1.165) is 25.1 Å². The SMILES string of the molecule is C=C/C(=C\C=C(/C)C(F)(F)F)[C@@H](C)NC(=O)c1cc(-c2ccc(C)cn2)cc(C(O)(C(F)(F)F)C(F)(F)F)c1. The first-order valence-corrected chi connectivity index (χ1v) is 11.1. The average Bonchev–Trinajstić information content (AvgIpc) is 2.81. The molecule has 4 nitrogen and oxygen atoms in total. The standard InChI is InChI=1S/C26H23F9N2O2/c1-5-17(8-7-15(3)24(27,28)29)16(4)37-22(38)19-10-18(21-9-6-14(2)13-36-21)11-20(12-19)23(39,25(30,31)32)26(33,34)35/h5-13,16,39H,1H2,2-4H3,(H,37,38)/b15-7+,17-8+/t16-/m1/s1. The van der Waals surface area contributed by atoms with Crippen molar-refractivity contribution in [3.05, 3.63) is 89.2 Å². The fraction of sp³-hybridized carbons (Fsp3) is 0.308. The molecular formula is C26H23F9N2O2. The van der Waals surface area contributed by atoms with Gasteiger partial charge >= 0.3 is 18.5 Å². The van der Waals surface area contributed by atoms with Crippen LogP contribution in [0.1, 0.15) is 35.3 Å². The molecule has 1 atom stereocenters. The van der Waals surface area contributed by atoms with Gasteiger partial charge in [0.15, 0.2) is 0 Å². The number of aromatic nitrogens is 1. The molecule has 2 rings (SSSR count). The van der Waals surface area contributed by atoms with Crippen LogP contribution in [0.2, 0.25) is 0 Å². The first-order chi connectivity index (χ1) is 17.7. The van der Waals surface area contributed by atoms with Gasteiger partial charge in [0.25, 0.3) is 11.5 Å². The molecule has 0 radical (unpaired) electrons. The van der Waals surface area contributed by atoms with Crippen LogP contribution in [0, 0.1) is 6.92 Å². The predicted molar refractivity (Wildman–Crippen MR) is 125 cm³/mol. The van der Waals surface area contributed by atoms with Crippen molar-refractivity contribution in [2.75, 3.05) is 0 Å². The fourth-order valence-corrected chi connectivity index (χ4v) is 3.31. The minimum Gasteiger partial charge on any atom is -0.369 e. The van der Waals surface area contributed by atoms with E-state index < -0.39 is 52.8 Å². The minimum atomic E-state index is -6.22. The third-order valence-electron chi connectivity index (χ3n) is 5.70. The number of hydrogen-bond donors (Lipinski definition) is 2. The molecule has 13 heteroatoms. The molecule has 2 aromatic rings. The molecule has 0 aliphatic heterocycles. The summed E-state index contributed by atoms with van der Waals surface area (Å²) in [7, 11) is 0. The highest BCUT2D eigenvalue weighted by Gasteiger charge is 2.71. The lowest BCUT2D eigenvalue weighted by atomic mass is 9.88. The summed E-state index contributed by atoms with van der Waals surface area (Å²) in [4.78, 5) is 16.9. The van der Waals surface area contributed by atoms with Crippen LogP contribution < -0.4 is 5.32 Å². The normalized spacial score (nSPS) is 14.7. The van der Waals surface area contributed by atoms with Crippen LogP contribution in [-0.4, -0.2) is 40.6 Å². The number of hydrogen-bond acceptors (Lipinski definition) is 3. The van der Waals surface area contributed by atoms with Gasteiger partial charge in [0.05, 0.1) is 11.7 Å². The maximum Gasteiger partial charge on any atom is 0.430 e. The molecule has 39 heavy (non-hydrogen) atoms. The first-order valence-electron chi connectivity index (χ1n) is 11.1. The van der Waals surface area contributed by atoms with Gasteiger partial charge in [-0.3, -0.25) is 9.78 Å². The quantitative estimate of drug-likeness (QED) is 0.278. The van der Waals surface area contributed by atoms with E-state index in [9.17, 15) is 49.4 Å². The molecule has 2 N–H and O–H groups in total. The molecule has 0 saturated carbocycles. The molecule has 0 aliphatic rings. The molecule has 0 bridgehead atoms. The van der Waals surface area contributed by atoms with Crippen LogP contribution in [0.15, 0.2) is 72.5 Å². The Balaban J connectivity index is 2.64. The van der Waals surface area contributed by atoms with Gasteiger partial charge in [-0.15, -0.1) is 0 Å². The van der Waals surface area contributed by atoms with E-state index in [1.165, 1.54) is 25.3 Å². The number of alkyl halides is 9. The largest absolute Gasteiger partial charge is 0.430 e. The van der Waals surface area contributed by atoms with Crippen molar-refractivity contribution < 1.29 is 49.4 Å². The fourth-order valence-electron chi connectivity index (χ4n) is 3.31. The van der Waals surface area contributed by atoms with E-state index in [1.807, 2.05) is 0 Å². The number of pyridine rings is 1. The monoisotopic (exact) mass is 566 g/mol. The first kappa shape index (κ1) is 31.6. The van der Waals surface area contributed by atoms with Crippen molar-refractivity contribution in [3.63, 3.8) is 0 Å². The third-order valence-corrected chi connectivity index (χ3v) is 5.70. The van der Waals surface area contributed by atoms with Crippen molar-refractivity contribution in [2.24, 2.45) is 0 Å². The summed E-state index contributed by atoms with van der Waals surface area (Å²) in [5.74, 6) is -1.17. The lowest BCUT2D eigenvalue weighted by Crippen LogP contribution is -2.54. The number of aryl methyl sites for hydroxylation is 1. The highest BCUT2D eigenvalue weighted by atomic mass is 19.4. The Hall–Kier alpha value is -3.61. The molecular weight excluding hydrogens is 543 g/mol. The van der Waals surface area contributed by atoms with Crippen LogP contribution in [0.4, 0.5) is 39.5 Å². The van der Waals surface area contributed by atoms with E-state index >= 15 is 0 Å². The second-order valence-corrected chi connectivity index (χ2v) is 8.64. The maximum atomic E-state index is 13.6. The van der Waals surface area contributed by atoms with Gasteiger partial charge in [-0.1, -0.05) is 30.9 Å². The number of amides is 1. The Kier molecular flexibility index (Phi) is 9.11. The topological polar surface area (TPSA) is 62.2 Å². The Morgan fingerprint density at radius 3 is 2.05 bits per heavy atom. The van der Waals surface area contributed by atoms with E-state index in [1.54, 1.807) is 6.92 Å². The molecule has 1 aromatic heterocycles. The second-order valence-electron chi connectivity index (χ2n) is 8.64. The lowest BCUT2D eigenvalue weighted by Gasteiger charge is -2.33. The van der Waals surface area contributed by atoms with Crippen molar-refractivity contribution >= 4 is 5.91 Å². The molecule has 1 heterocycles. The molecule has 0 aliphatic carbocycles. The molecule has 0 saturated heterocycles. The van der Waals surface area contributed by atoms with Crippen LogP contribution in [0.3, 0.4) is 0 Å². The number of halogens is 9. The van der Waals surface area contributed by atoms with Crippen LogP contribution >= 0.6 is 0 Å². The number of allylic oxidation sites excluding steroid dienone is 3. The molecule has 1 amide bonds. The summed E-state index contributed by atoms with van der Waals surface area (Å²) in [6, 6.07) is 3.35. The van der Waals surface area contributed by atoms with Gasteiger partial charge in [-0.2, -0.15) is 39.5 Å². The highest BCUT2D eigenvalue weighted by Crippen LogP contribution is 2.50. The summed E-state index contributed by atoms with van der Waals surface area (Å²) in [6.07, 6.45) is -12.9. The van der Waals surface area contributed by atoms with Crippen LogP contribution in [-0.2, 0) is 5.60 Å². The zero-order valence-electron chi connectivity index (χ0n) is 20.7. The number of nitrogens with one attached hydrogen (secondary N) is 1.